The van der Waals surface area contributed by atoms with E-state index in [0.29, 0.717) is 5.95 Å². The molecule has 0 radical (unpaired) electrons. The van der Waals surface area contributed by atoms with Crippen LogP contribution in [0.15, 0.2) is 0 Å². The van der Waals surface area contributed by atoms with Gasteiger partial charge in [0.05, 0.1) is 5.69 Å². The van der Waals surface area contributed by atoms with Crippen LogP contribution in [0.2, 0.25) is 0 Å². The number of hydrogen-bond donors (Lipinski definition) is 1. The summed E-state index contributed by atoms with van der Waals surface area (Å²) in [6, 6.07) is 0. The predicted octanol–water partition coefficient (Wildman–Crippen LogP) is 2.84. The van der Waals surface area contributed by atoms with Crippen molar-refractivity contribution < 1.29 is 0 Å². The molecule has 0 amide bonds. The van der Waals surface area contributed by atoms with Crippen LogP contribution in [-0.4, -0.2) is 31.3 Å². The summed E-state index contributed by atoms with van der Waals surface area (Å²) in [6.45, 7) is 3.09. The second-order valence-electron chi connectivity index (χ2n) is 5.17. The fraction of sp³-hybridized carbons (Fsp3) is 0.714. The number of hydrogen-bond acceptors (Lipinski definition) is 4. The number of aryl methyl sites for hydroxylation is 3. The van der Waals surface area contributed by atoms with E-state index in [1.807, 2.05) is 23.5 Å². The molecule has 0 unspecified atom stereocenters. The number of unbranched alkanes of at least 4 members (excludes halogenated alkanes) is 2. The number of nitrogens with two attached hydrogens (primary N) is 1. The van der Waals surface area contributed by atoms with Gasteiger partial charge in [-0.05, 0) is 31.3 Å². The molecule has 0 atom stereocenters. The number of rotatable bonds is 8. The highest BCUT2D eigenvalue weighted by molar-refractivity contribution is 7.98. The van der Waals surface area contributed by atoms with Crippen molar-refractivity contribution >= 4 is 28.9 Å². The minimum atomic E-state index is 0.621. The summed E-state index contributed by atoms with van der Waals surface area (Å²) in [7, 11) is 1.98. The summed E-state index contributed by atoms with van der Waals surface area (Å²) < 4.78 is 4.03. The zero-order valence-corrected chi connectivity index (χ0v) is 13.5. The average Bonchev–Trinajstić information content (AvgIpc) is 2.89. The molecule has 0 aliphatic carbocycles. The van der Waals surface area contributed by atoms with Crippen molar-refractivity contribution in [3.05, 3.63) is 5.69 Å². The smallest absolute Gasteiger partial charge is 0.202 e. The molecular formula is C14H25N5S. The summed E-state index contributed by atoms with van der Waals surface area (Å²) in [5, 5.41) is 4.57. The SMILES string of the molecule is CCCc1nn(C)c2c1nc(N)n2CCCCCSC. The van der Waals surface area contributed by atoms with Gasteiger partial charge in [0, 0.05) is 13.6 Å². The van der Waals surface area contributed by atoms with Crippen molar-refractivity contribution in [2.75, 3.05) is 17.7 Å². The molecule has 0 saturated carbocycles. The van der Waals surface area contributed by atoms with E-state index in [4.69, 9.17) is 5.73 Å². The minimum Gasteiger partial charge on any atom is -0.369 e. The number of nitrogens with zero attached hydrogens (tertiary/aromatic N) is 4. The summed E-state index contributed by atoms with van der Waals surface area (Å²) in [5.41, 5.74) is 9.19. The lowest BCUT2D eigenvalue weighted by Gasteiger charge is -2.06. The molecule has 0 aromatic carbocycles. The van der Waals surface area contributed by atoms with Gasteiger partial charge in [-0.3, -0.25) is 9.25 Å². The monoisotopic (exact) mass is 295 g/mol. The Kier molecular flexibility index (Phi) is 5.34. The third-order valence-corrected chi connectivity index (χ3v) is 4.23. The van der Waals surface area contributed by atoms with Crippen LogP contribution in [0, 0.1) is 0 Å². The first-order valence-electron chi connectivity index (χ1n) is 7.35. The summed E-state index contributed by atoms with van der Waals surface area (Å²) >= 11 is 1.91. The highest BCUT2D eigenvalue weighted by Crippen LogP contribution is 2.22. The predicted molar refractivity (Wildman–Crippen MR) is 87.1 cm³/mol. The van der Waals surface area contributed by atoms with Gasteiger partial charge in [-0.2, -0.15) is 16.9 Å². The molecule has 2 heterocycles. The largest absolute Gasteiger partial charge is 0.369 e. The number of fused-ring (bicyclic) bond motifs is 1. The molecule has 5 nitrogen and oxygen atoms in total. The molecule has 2 aromatic heterocycles. The highest BCUT2D eigenvalue weighted by Gasteiger charge is 2.16. The van der Waals surface area contributed by atoms with Crippen molar-refractivity contribution in [3.8, 4) is 0 Å². The number of imidazole rings is 1. The molecule has 6 heteroatoms. The summed E-state index contributed by atoms with van der Waals surface area (Å²) in [4.78, 5) is 4.52. The van der Waals surface area contributed by atoms with E-state index in [1.54, 1.807) is 0 Å². The van der Waals surface area contributed by atoms with E-state index in [0.717, 1.165) is 42.7 Å². The maximum Gasteiger partial charge on any atom is 0.202 e. The summed E-state index contributed by atoms with van der Waals surface area (Å²) in [5.74, 6) is 1.86. The van der Waals surface area contributed by atoms with Crippen molar-refractivity contribution in [1.82, 2.24) is 19.3 Å². The lowest BCUT2D eigenvalue weighted by molar-refractivity contribution is 0.605. The zero-order valence-electron chi connectivity index (χ0n) is 12.7. The minimum absolute atomic E-state index is 0.621. The van der Waals surface area contributed by atoms with Crippen molar-refractivity contribution in [2.24, 2.45) is 7.05 Å². The Balaban J connectivity index is 2.14. The Morgan fingerprint density at radius 1 is 1.25 bits per heavy atom. The Morgan fingerprint density at radius 3 is 2.75 bits per heavy atom. The van der Waals surface area contributed by atoms with Gasteiger partial charge >= 0.3 is 0 Å². The molecular weight excluding hydrogens is 270 g/mol. The van der Waals surface area contributed by atoms with Gasteiger partial charge in [0.1, 0.15) is 5.52 Å². The quantitative estimate of drug-likeness (QED) is 0.761. The first-order valence-corrected chi connectivity index (χ1v) is 8.75. The Bertz CT molecular complexity index is 557. The van der Waals surface area contributed by atoms with Crippen molar-refractivity contribution in [3.63, 3.8) is 0 Å². The Hall–Kier alpha value is -1.17. The van der Waals surface area contributed by atoms with Gasteiger partial charge in [-0.15, -0.1) is 0 Å². The molecule has 20 heavy (non-hydrogen) atoms. The molecule has 0 spiro atoms. The van der Waals surface area contributed by atoms with Crippen LogP contribution in [0.1, 0.15) is 38.3 Å². The molecule has 2 N–H and O–H groups in total. The van der Waals surface area contributed by atoms with E-state index in [9.17, 15) is 0 Å². The number of aromatic nitrogens is 4. The topological polar surface area (TPSA) is 61.7 Å². The van der Waals surface area contributed by atoms with Gasteiger partial charge in [-0.25, -0.2) is 4.98 Å². The second-order valence-corrected chi connectivity index (χ2v) is 6.15. The maximum atomic E-state index is 6.08. The number of nitrogen functional groups attached to an aromatic ring is 1. The molecule has 0 fully saturated rings. The van der Waals surface area contributed by atoms with Gasteiger partial charge in [0.15, 0.2) is 5.65 Å². The van der Waals surface area contributed by atoms with Crippen LogP contribution in [0.3, 0.4) is 0 Å². The van der Waals surface area contributed by atoms with Crippen LogP contribution in [0.25, 0.3) is 11.2 Å². The number of thioether (sulfide) groups is 1. The fourth-order valence-corrected chi connectivity index (χ4v) is 3.07. The lowest BCUT2D eigenvalue weighted by atomic mass is 10.2. The molecule has 0 bridgehead atoms. The van der Waals surface area contributed by atoms with E-state index < -0.39 is 0 Å². The standard InChI is InChI=1S/C14H25N5S/c1-4-8-11-12-13(18(2)17-11)19(14(15)16-12)9-6-5-7-10-20-3/h4-10H2,1-3H3,(H2,15,16). The molecule has 112 valence electrons. The van der Waals surface area contributed by atoms with Crippen LogP contribution < -0.4 is 5.73 Å². The van der Waals surface area contributed by atoms with E-state index in [-0.39, 0.29) is 0 Å². The van der Waals surface area contributed by atoms with E-state index in [2.05, 4.69) is 27.8 Å². The fourth-order valence-electron chi connectivity index (χ4n) is 2.58. The molecule has 2 rings (SSSR count). The average molecular weight is 295 g/mol. The van der Waals surface area contributed by atoms with E-state index in [1.165, 1.54) is 18.6 Å². The van der Waals surface area contributed by atoms with E-state index >= 15 is 0 Å². The Morgan fingerprint density at radius 2 is 2.05 bits per heavy atom. The van der Waals surface area contributed by atoms with Gasteiger partial charge < -0.3 is 5.73 Å². The third-order valence-electron chi connectivity index (χ3n) is 3.54. The molecule has 0 aliphatic rings. The molecule has 0 aliphatic heterocycles. The zero-order chi connectivity index (χ0) is 14.5. The highest BCUT2D eigenvalue weighted by atomic mass is 32.2. The second kappa shape index (κ2) is 7.02. The van der Waals surface area contributed by atoms with Crippen molar-refractivity contribution in [1.29, 1.82) is 0 Å². The molecule has 2 aromatic rings. The van der Waals surface area contributed by atoms with Crippen molar-refractivity contribution in [2.45, 2.75) is 45.6 Å². The van der Waals surface area contributed by atoms with Gasteiger partial charge in [-0.1, -0.05) is 19.8 Å². The van der Waals surface area contributed by atoms with Crippen LogP contribution in [0.4, 0.5) is 5.95 Å². The maximum absolute atomic E-state index is 6.08. The lowest BCUT2D eigenvalue weighted by Crippen LogP contribution is -2.07. The van der Waals surface area contributed by atoms with Gasteiger partial charge in [0.2, 0.25) is 5.95 Å². The van der Waals surface area contributed by atoms with Crippen LogP contribution in [-0.2, 0) is 20.0 Å². The van der Waals surface area contributed by atoms with Crippen LogP contribution in [0.5, 0.6) is 0 Å². The number of anilines is 1. The first-order chi connectivity index (χ1) is 9.69. The first kappa shape index (κ1) is 15.2. The van der Waals surface area contributed by atoms with Crippen LogP contribution >= 0.6 is 11.8 Å². The van der Waals surface area contributed by atoms with Gasteiger partial charge in [0.25, 0.3) is 0 Å². The summed E-state index contributed by atoms with van der Waals surface area (Å²) in [6.07, 6.45) is 7.84. The normalized spacial score (nSPS) is 11.6. The Labute approximate surface area is 124 Å². The molecule has 0 saturated heterocycles. The third kappa shape index (κ3) is 3.11.